The molecule has 0 saturated carbocycles. The standard InChI is InChI=1S/C20H23N2O2S/c1-15-4-6-16(7-5-15)20(23)14-21-12-3-13-25-19(21)22(20)17-8-10-18(24-2)11-9-17/h4-11,23H,3,12-14H2,1-2H3/q+1/t20-/m1/s1. The van der Waals surface area contributed by atoms with Crippen LogP contribution in [-0.4, -0.2) is 40.8 Å². The van der Waals surface area contributed by atoms with Crippen molar-refractivity contribution < 1.29 is 14.4 Å². The van der Waals surface area contributed by atoms with Crippen LogP contribution in [0.1, 0.15) is 17.5 Å². The maximum absolute atomic E-state index is 11.7. The molecule has 2 aromatic carbocycles. The number of rotatable bonds is 3. The summed E-state index contributed by atoms with van der Waals surface area (Å²) in [6, 6.07) is 16.1. The fraction of sp³-hybridized carbons (Fsp3) is 0.350. The molecule has 1 atom stereocenters. The molecule has 0 unspecified atom stereocenters. The zero-order valence-electron chi connectivity index (χ0n) is 14.6. The Hall–Kier alpha value is -1.98. The zero-order valence-corrected chi connectivity index (χ0v) is 15.4. The third-order valence-electron chi connectivity index (χ3n) is 4.89. The number of hydrogen-bond acceptors (Lipinski definition) is 4. The molecule has 4 rings (SSSR count). The first-order valence-corrected chi connectivity index (χ1v) is 9.59. The Morgan fingerprint density at radius 1 is 1.12 bits per heavy atom. The lowest BCUT2D eigenvalue weighted by molar-refractivity contribution is -0.532. The first kappa shape index (κ1) is 16.5. The summed E-state index contributed by atoms with van der Waals surface area (Å²) in [6.07, 6.45) is 1.15. The summed E-state index contributed by atoms with van der Waals surface area (Å²) in [5.74, 6) is 1.91. The van der Waals surface area contributed by atoms with Gasteiger partial charge in [0.05, 0.1) is 13.7 Å². The second-order valence-corrected chi connectivity index (χ2v) is 7.68. The molecule has 0 fully saturated rings. The van der Waals surface area contributed by atoms with Crippen LogP contribution in [0, 0.1) is 6.92 Å². The van der Waals surface area contributed by atoms with Gasteiger partial charge in [-0.15, -0.1) is 0 Å². The number of ether oxygens (including phenoxy) is 1. The van der Waals surface area contributed by atoms with Crippen molar-refractivity contribution in [2.45, 2.75) is 19.1 Å². The van der Waals surface area contributed by atoms with Crippen LogP contribution >= 0.6 is 11.8 Å². The number of methoxy groups -OCH3 is 1. The van der Waals surface area contributed by atoms with Gasteiger partial charge in [-0.25, -0.2) is 4.58 Å². The van der Waals surface area contributed by atoms with Crippen LogP contribution in [0.5, 0.6) is 5.75 Å². The number of nitrogens with zero attached hydrogens (tertiary/aromatic N) is 2. The Kier molecular flexibility index (Phi) is 4.21. The molecule has 0 radical (unpaired) electrons. The summed E-state index contributed by atoms with van der Waals surface area (Å²) in [5, 5.41) is 12.9. The van der Waals surface area contributed by atoms with Crippen molar-refractivity contribution >= 4 is 22.6 Å². The van der Waals surface area contributed by atoms with Gasteiger partial charge in [-0.1, -0.05) is 29.8 Å². The lowest BCUT2D eigenvalue weighted by Crippen LogP contribution is -2.46. The molecule has 4 nitrogen and oxygen atoms in total. The first-order valence-electron chi connectivity index (χ1n) is 8.60. The van der Waals surface area contributed by atoms with Gasteiger partial charge in [0.25, 0.3) is 5.72 Å². The average Bonchev–Trinajstić information content (AvgIpc) is 2.95. The summed E-state index contributed by atoms with van der Waals surface area (Å²) < 4.78 is 7.59. The van der Waals surface area contributed by atoms with E-state index in [1.165, 1.54) is 5.56 Å². The molecule has 0 aromatic heterocycles. The molecule has 0 saturated heterocycles. The van der Waals surface area contributed by atoms with Crippen LogP contribution in [0.15, 0.2) is 48.5 Å². The molecule has 25 heavy (non-hydrogen) atoms. The molecule has 2 aliphatic heterocycles. The van der Waals surface area contributed by atoms with Gasteiger partial charge in [0.2, 0.25) is 0 Å². The minimum atomic E-state index is -1.06. The molecule has 1 N–H and O–H groups in total. The maximum Gasteiger partial charge on any atom is 0.316 e. The smallest absolute Gasteiger partial charge is 0.316 e. The molecular weight excluding hydrogens is 332 g/mol. The average molecular weight is 355 g/mol. The molecule has 5 heteroatoms. The largest absolute Gasteiger partial charge is 0.497 e. The number of benzene rings is 2. The highest BCUT2D eigenvalue weighted by atomic mass is 32.2. The summed E-state index contributed by atoms with van der Waals surface area (Å²) in [5.41, 5.74) is 2.04. The Bertz CT molecular complexity index is 801. The SMILES string of the molecule is COc1ccc(N2C3=[N+](CCCS3)C[C@@]2(O)c2ccc(C)cc2)cc1. The van der Waals surface area contributed by atoms with Crippen molar-refractivity contribution in [3.8, 4) is 5.75 Å². The van der Waals surface area contributed by atoms with Crippen LogP contribution in [0.3, 0.4) is 0 Å². The summed E-state index contributed by atoms with van der Waals surface area (Å²) in [4.78, 5) is 2.08. The van der Waals surface area contributed by atoms with Crippen LogP contribution in [0.25, 0.3) is 0 Å². The predicted molar refractivity (Wildman–Crippen MR) is 103 cm³/mol. The fourth-order valence-corrected chi connectivity index (χ4v) is 4.73. The van der Waals surface area contributed by atoms with E-state index < -0.39 is 5.72 Å². The summed E-state index contributed by atoms with van der Waals surface area (Å²) in [7, 11) is 1.67. The summed E-state index contributed by atoms with van der Waals surface area (Å²) >= 11 is 1.82. The van der Waals surface area contributed by atoms with E-state index in [1.54, 1.807) is 7.11 Å². The molecule has 2 aliphatic rings. The fourth-order valence-electron chi connectivity index (χ4n) is 3.55. The third kappa shape index (κ3) is 2.81. The zero-order chi connectivity index (χ0) is 17.4. The van der Waals surface area contributed by atoms with Crippen LogP contribution in [0.4, 0.5) is 5.69 Å². The van der Waals surface area contributed by atoms with E-state index in [0.29, 0.717) is 6.54 Å². The topological polar surface area (TPSA) is 35.7 Å². The third-order valence-corrected chi connectivity index (χ3v) is 6.08. The maximum atomic E-state index is 11.7. The van der Waals surface area contributed by atoms with E-state index in [1.807, 2.05) is 48.2 Å². The Morgan fingerprint density at radius 3 is 2.52 bits per heavy atom. The molecule has 0 spiro atoms. The van der Waals surface area contributed by atoms with Gasteiger partial charge in [0, 0.05) is 11.3 Å². The van der Waals surface area contributed by atoms with Gasteiger partial charge in [0.1, 0.15) is 11.4 Å². The molecule has 0 amide bonds. The van der Waals surface area contributed by atoms with Gasteiger partial charge in [-0.3, -0.25) is 0 Å². The number of thioether (sulfide) groups is 1. The molecule has 2 aromatic rings. The Balaban J connectivity index is 1.81. The van der Waals surface area contributed by atoms with Crippen molar-refractivity contribution in [3.63, 3.8) is 0 Å². The monoisotopic (exact) mass is 355 g/mol. The molecular formula is C20H23N2O2S+. The second-order valence-electron chi connectivity index (χ2n) is 6.62. The number of aliphatic hydroxyl groups is 1. The highest BCUT2D eigenvalue weighted by Gasteiger charge is 2.55. The van der Waals surface area contributed by atoms with Crippen LogP contribution < -0.4 is 9.64 Å². The van der Waals surface area contributed by atoms with Gasteiger partial charge < -0.3 is 9.84 Å². The van der Waals surface area contributed by atoms with Gasteiger partial charge in [0.15, 0.2) is 6.54 Å². The van der Waals surface area contributed by atoms with Crippen LogP contribution in [0.2, 0.25) is 0 Å². The van der Waals surface area contributed by atoms with E-state index in [4.69, 9.17) is 4.74 Å². The quantitative estimate of drug-likeness (QED) is 0.858. The van der Waals surface area contributed by atoms with Crippen molar-refractivity contribution in [2.75, 3.05) is 30.9 Å². The Labute approximate surface area is 152 Å². The highest BCUT2D eigenvalue weighted by molar-refractivity contribution is 8.14. The van der Waals surface area contributed by atoms with Crippen molar-refractivity contribution in [3.05, 3.63) is 59.7 Å². The predicted octanol–water partition coefficient (Wildman–Crippen LogP) is 3.17. The normalized spacial score (nSPS) is 22.9. The lowest BCUT2D eigenvalue weighted by Gasteiger charge is -2.28. The van der Waals surface area contributed by atoms with E-state index in [2.05, 4.69) is 28.5 Å². The lowest BCUT2D eigenvalue weighted by atomic mass is 10.00. The highest BCUT2D eigenvalue weighted by Crippen LogP contribution is 2.40. The number of anilines is 1. The van der Waals surface area contributed by atoms with Crippen molar-refractivity contribution in [1.29, 1.82) is 0 Å². The number of hydrogen-bond donors (Lipinski definition) is 1. The first-order chi connectivity index (χ1) is 12.1. The molecule has 130 valence electrons. The second kappa shape index (κ2) is 6.39. The minimum Gasteiger partial charge on any atom is -0.497 e. The number of amidine groups is 1. The van der Waals surface area contributed by atoms with Crippen molar-refractivity contribution in [2.24, 2.45) is 0 Å². The van der Waals surface area contributed by atoms with Gasteiger partial charge >= 0.3 is 5.17 Å². The number of aryl methyl sites for hydroxylation is 1. The minimum absolute atomic E-state index is 0.588. The van der Waals surface area contributed by atoms with E-state index in [-0.39, 0.29) is 0 Å². The van der Waals surface area contributed by atoms with Crippen LogP contribution in [-0.2, 0) is 5.72 Å². The van der Waals surface area contributed by atoms with Gasteiger partial charge in [-0.05, 0) is 49.4 Å². The van der Waals surface area contributed by atoms with Crippen molar-refractivity contribution in [1.82, 2.24) is 0 Å². The van der Waals surface area contributed by atoms with E-state index in [0.717, 1.165) is 40.9 Å². The van der Waals surface area contributed by atoms with Gasteiger partial charge in [-0.2, -0.15) is 4.90 Å². The Morgan fingerprint density at radius 2 is 1.84 bits per heavy atom. The summed E-state index contributed by atoms with van der Waals surface area (Å²) in [6.45, 7) is 3.64. The molecule has 2 heterocycles. The van der Waals surface area contributed by atoms with E-state index in [9.17, 15) is 5.11 Å². The molecule has 0 aliphatic carbocycles. The van der Waals surface area contributed by atoms with E-state index >= 15 is 0 Å². The molecule has 0 bridgehead atoms.